The average Bonchev–Trinajstić information content (AvgIpc) is 2.93. The van der Waals surface area contributed by atoms with Crippen molar-refractivity contribution in [1.29, 1.82) is 0 Å². The second-order valence-corrected chi connectivity index (χ2v) is 6.90. The number of benzene rings is 1. The highest BCUT2D eigenvalue weighted by atomic mass is 16.5. The Bertz CT molecular complexity index is 617. The summed E-state index contributed by atoms with van der Waals surface area (Å²) in [6.07, 6.45) is 0.469. The van der Waals surface area contributed by atoms with Gasteiger partial charge in [-0.15, -0.1) is 0 Å². The van der Waals surface area contributed by atoms with Crippen LogP contribution < -0.4 is 10.1 Å². The van der Waals surface area contributed by atoms with Crippen molar-refractivity contribution in [2.24, 2.45) is 5.92 Å². The van der Waals surface area contributed by atoms with Crippen LogP contribution in [0.3, 0.4) is 0 Å². The summed E-state index contributed by atoms with van der Waals surface area (Å²) in [5, 5.41) is 13.3. The molecule has 138 valence electrons. The van der Waals surface area contributed by atoms with Crippen molar-refractivity contribution in [3.63, 3.8) is 0 Å². The molecule has 6 nitrogen and oxygen atoms in total. The van der Waals surface area contributed by atoms with Gasteiger partial charge in [-0.3, -0.25) is 9.59 Å². The van der Waals surface area contributed by atoms with E-state index in [1.54, 1.807) is 7.05 Å². The number of aliphatic hydroxyl groups excluding tert-OH is 1. The highest BCUT2D eigenvalue weighted by Crippen LogP contribution is 2.29. The monoisotopic (exact) mass is 348 g/mol. The van der Waals surface area contributed by atoms with Gasteiger partial charge in [-0.05, 0) is 44.4 Å². The summed E-state index contributed by atoms with van der Waals surface area (Å²) in [6.45, 7) is 5.77. The fraction of sp³-hybridized carbons (Fsp3) is 0.579. The van der Waals surface area contributed by atoms with E-state index in [1.165, 1.54) is 11.8 Å². The lowest BCUT2D eigenvalue weighted by Gasteiger charge is -2.27. The summed E-state index contributed by atoms with van der Waals surface area (Å²) in [4.78, 5) is 25.4. The third-order valence-corrected chi connectivity index (χ3v) is 4.65. The average molecular weight is 348 g/mol. The Morgan fingerprint density at radius 1 is 1.36 bits per heavy atom. The first-order chi connectivity index (χ1) is 11.8. The molecule has 2 N–H and O–H groups in total. The second-order valence-electron chi connectivity index (χ2n) is 6.90. The van der Waals surface area contributed by atoms with E-state index in [-0.39, 0.29) is 24.0 Å². The van der Waals surface area contributed by atoms with E-state index >= 15 is 0 Å². The maximum Gasteiger partial charge on any atom is 0.226 e. The quantitative estimate of drug-likeness (QED) is 0.820. The van der Waals surface area contributed by atoms with Gasteiger partial charge in [0.2, 0.25) is 11.8 Å². The smallest absolute Gasteiger partial charge is 0.226 e. The molecule has 0 unspecified atom stereocenters. The van der Waals surface area contributed by atoms with E-state index in [9.17, 15) is 14.7 Å². The molecule has 0 saturated heterocycles. The number of likely N-dealkylation sites (N-methyl/N-ethyl adjacent to an activating group) is 1. The summed E-state index contributed by atoms with van der Waals surface area (Å²) >= 11 is 0. The molecule has 0 bridgehead atoms. The van der Waals surface area contributed by atoms with E-state index in [0.29, 0.717) is 19.4 Å². The van der Waals surface area contributed by atoms with E-state index < -0.39 is 12.0 Å². The molecule has 0 radical (unpaired) electrons. The number of carbonyl (C=O) groups is 2. The van der Waals surface area contributed by atoms with Crippen LogP contribution in [0.1, 0.15) is 39.2 Å². The van der Waals surface area contributed by atoms with Crippen molar-refractivity contribution in [2.45, 2.75) is 58.4 Å². The van der Waals surface area contributed by atoms with Gasteiger partial charge in [0.25, 0.3) is 0 Å². The molecule has 1 fully saturated rings. The maximum atomic E-state index is 12.4. The lowest BCUT2D eigenvalue weighted by Crippen LogP contribution is -2.45. The van der Waals surface area contributed by atoms with Gasteiger partial charge in [0.15, 0.2) is 0 Å². The molecule has 1 aromatic carbocycles. The summed E-state index contributed by atoms with van der Waals surface area (Å²) in [6, 6.07) is 7.30. The van der Waals surface area contributed by atoms with E-state index in [1.807, 2.05) is 38.1 Å². The van der Waals surface area contributed by atoms with Gasteiger partial charge in [0.1, 0.15) is 5.75 Å². The number of amides is 2. The number of carbonyl (C=O) groups excluding carboxylic acids is 2. The van der Waals surface area contributed by atoms with Gasteiger partial charge in [-0.2, -0.15) is 0 Å². The first kappa shape index (κ1) is 19.2. The summed E-state index contributed by atoms with van der Waals surface area (Å²) < 4.78 is 5.65. The van der Waals surface area contributed by atoms with Crippen LogP contribution in [-0.4, -0.2) is 47.1 Å². The van der Waals surface area contributed by atoms with E-state index in [2.05, 4.69) is 5.32 Å². The summed E-state index contributed by atoms with van der Waals surface area (Å²) in [5.74, 6) is 0.00176. The molecule has 0 heterocycles. The molecular formula is C19H28N2O4. The summed E-state index contributed by atoms with van der Waals surface area (Å²) in [5.41, 5.74) is 0.941. The molecule has 2 amide bonds. The lowest BCUT2D eigenvalue weighted by molar-refractivity contribution is -0.134. The van der Waals surface area contributed by atoms with Gasteiger partial charge in [-0.1, -0.05) is 12.1 Å². The number of hydrogen-bond donors (Lipinski definition) is 2. The largest absolute Gasteiger partial charge is 0.491 e. The van der Waals surface area contributed by atoms with Crippen molar-refractivity contribution < 1.29 is 19.4 Å². The van der Waals surface area contributed by atoms with Crippen molar-refractivity contribution in [1.82, 2.24) is 10.2 Å². The van der Waals surface area contributed by atoms with E-state index in [4.69, 9.17) is 4.74 Å². The van der Waals surface area contributed by atoms with Crippen LogP contribution in [0.5, 0.6) is 5.75 Å². The minimum absolute atomic E-state index is 0.0914. The Balaban J connectivity index is 1.91. The van der Waals surface area contributed by atoms with Gasteiger partial charge < -0.3 is 20.1 Å². The van der Waals surface area contributed by atoms with Crippen molar-refractivity contribution in [3.8, 4) is 5.75 Å². The Morgan fingerprint density at radius 2 is 2.08 bits per heavy atom. The first-order valence-electron chi connectivity index (χ1n) is 8.74. The molecule has 0 aliphatic heterocycles. The molecular weight excluding hydrogens is 320 g/mol. The van der Waals surface area contributed by atoms with Gasteiger partial charge in [-0.25, -0.2) is 0 Å². The molecule has 0 spiro atoms. The molecule has 3 atom stereocenters. The number of nitrogens with zero attached hydrogens (tertiary/aromatic N) is 1. The molecule has 1 aliphatic carbocycles. The molecule has 6 heteroatoms. The second kappa shape index (κ2) is 8.34. The Morgan fingerprint density at radius 3 is 2.72 bits per heavy atom. The fourth-order valence-corrected chi connectivity index (χ4v) is 3.22. The number of ether oxygens (including phenoxy) is 1. The standard InChI is InChI=1S/C19H28N2O4/c1-12(2)25-15-7-5-6-14(10-15)11-20-19(24)16-8-9-17(18(16)23)21(4)13(3)22/h5-7,10,12,16-18,23H,8-9,11H2,1-4H3,(H,20,24)/t16-,17-,18+/m1/s1. The molecule has 1 aromatic rings. The third kappa shape index (κ3) is 4.95. The molecule has 25 heavy (non-hydrogen) atoms. The highest BCUT2D eigenvalue weighted by Gasteiger charge is 2.41. The van der Waals surface area contributed by atoms with Crippen LogP contribution >= 0.6 is 0 Å². The van der Waals surface area contributed by atoms with E-state index in [0.717, 1.165) is 11.3 Å². The van der Waals surface area contributed by atoms with Crippen LogP contribution in [-0.2, 0) is 16.1 Å². The lowest BCUT2D eigenvalue weighted by atomic mass is 10.0. The van der Waals surface area contributed by atoms with Crippen molar-refractivity contribution in [2.75, 3.05) is 7.05 Å². The fourth-order valence-electron chi connectivity index (χ4n) is 3.22. The van der Waals surface area contributed by atoms with Crippen LogP contribution in [0.15, 0.2) is 24.3 Å². The zero-order valence-corrected chi connectivity index (χ0v) is 15.4. The zero-order valence-electron chi connectivity index (χ0n) is 15.4. The van der Waals surface area contributed by atoms with Crippen molar-refractivity contribution in [3.05, 3.63) is 29.8 Å². The van der Waals surface area contributed by atoms with Crippen LogP contribution in [0.2, 0.25) is 0 Å². The van der Waals surface area contributed by atoms with Crippen LogP contribution in [0.25, 0.3) is 0 Å². The first-order valence-corrected chi connectivity index (χ1v) is 8.74. The SMILES string of the molecule is CC(=O)N(C)[C@@H]1CC[C@@H](C(=O)NCc2cccc(OC(C)C)c2)[C@@H]1O. The van der Waals surface area contributed by atoms with Crippen LogP contribution in [0.4, 0.5) is 0 Å². The number of hydrogen-bond acceptors (Lipinski definition) is 4. The molecule has 1 aliphatic rings. The number of aliphatic hydroxyl groups is 1. The Kier molecular flexibility index (Phi) is 6.42. The number of rotatable bonds is 6. The third-order valence-electron chi connectivity index (χ3n) is 4.65. The minimum atomic E-state index is -0.829. The molecule has 2 rings (SSSR count). The minimum Gasteiger partial charge on any atom is -0.491 e. The Labute approximate surface area is 149 Å². The zero-order chi connectivity index (χ0) is 18.6. The van der Waals surface area contributed by atoms with Crippen molar-refractivity contribution >= 4 is 11.8 Å². The maximum absolute atomic E-state index is 12.4. The van der Waals surface area contributed by atoms with Gasteiger partial charge in [0, 0.05) is 20.5 Å². The van der Waals surface area contributed by atoms with Gasteiger partial charge in [0.05, 0.1) is 24.2 Å². The van der Waals surface area contributed by atoms with Crippen LogP contribution in [0, 0.1) is 5.92 Å². The Hall–Kier alpha value is -2.08. The predicted octanol–water partition coefficient (Wildman–Crippen LogP) is 1.71. The normalized spacial score (nSPS) is 22.7. The molecule has 1 saturated carbocycles. The van der Waals surface area contributed by atoms with Gasteiger partial charge >= 0.3 is 0 Å². The number of nitrogens with one attached hydrogen (secondary N) is 1. The molecule has 0 aromatic heterocycles. The summed E-state index contributed by atoms with van der Waals surface area (Å²) in [7, 11) is 1.66. The predicted molar refractivity (Wildman–Crippen MR) is 95.0 cm³/mol. The highest BCUT2D eigenvalue weighted by molar-refractivity contribution is 5.80. The topological polar surface area (TPSA) is 78.9 Å².